The van der Waals surface area contributed by atoms with Crippen LogP contribution in [0.2, 0.25) is 0 Å². The zero-order valence-corrected chi connectivity index (χ0v) is 15.4. The average molecular weight is 354 g/mol. The van der Waals surface area contributed by atoms with Crippen LogP contribution in [0.25, 0.3) is 0 Å². The lowest BCUT2D eigenvalue weighted by Gasteiger charge is -2.20. The molecule has 0 saturated carbocycles. The van der Waals surface area contributed by atoms with Gasteiger partial charge in [0, 0.05) is 12.6 Å². The minimum absolute atomic E-state index is 0.0167. The van der Waals surface area contributed by atoms with Crippen LogP contribution in [-0.2, 0) is 24.1 Å². The van der Waals surface area contributed by atoms with Crippen LogP contribution >= 0.6 is 0 Å². The summed E-state index contributed by atoms with van der Waals surface area (Å²) >= 11 is 0. The number of benzene rings is 2. The Morgan fingerprint density at radius 3 is 2.58 bits per heavy atom. The molecule has 0 aromatic heterocycles. The second-order valence-corrected chi connectivity index (χ2v) is 7.06. The van der Waals surface area contributed by atoms with Crippen LogP contribution in [0.4, 0.5) is 4.39 Å². The first-order chi connectivity index (χ1) is 12.6. The maximum absolute atomic E-state index is 12.9. The molecule has 3 nitrogen and oxygen atoms in total. The van der Waals surface area contributed by atoms with Gasteiger partial charge in [-0.25, -0.2) is 4.39 Å². The number of carbonyl (C=O) groups excluding carboxylic acids is 1. The molecule has 1 aliphatic carbocycles. The third kappa shape index (κ3) is 5.15. The second-order valence-electron chi connectivity index (χ2n) is 7.06. The van der Waals surface area contributed by atoms with Crippen LogP contribution in [0.15, 0.2) is 42.5 Å². The number of hydrogen-bond acceptors (Lipinski definition) is 2. The van der Waals surface area contributed by atoms with E-state index < -0.39 is 0 Å². The molecule has 4 heteroatoms. The summed E-state index contributed by atoms with van der Waals surface area (Å²) in [7, 11) is 0. The van der Waals surface area contributed by atoms with E-state index in [4.69, 9.17) is 0 Å². The standard InChI is InChI=1S/C22H27FN2O/c1-16(19-9-8-18-4-2-3-5-20(18)14-19)25-15-22(26)24-13-12-17-6-10-21(23)11-7-17/h6-11,14,16,25H,2-5,12-13,15H2,1H3,(H,24,26)/t16-/m0/s1. The van der Waals surface area contributed by atoms with Crippen LogP contribution in [0.3, 0.4) is 0 Å². The van der Waals surface area contributed by atoms with Crippen molar-refractivity contribution in [3.63, 3.8) is 0 Å². The molecule has 0 radical (unpaired) electrons. The lowest BCUT2D eigenvalue weighted by atomic mass is 9.89. The molecule has 26 heavy (non-hydrogen) atoms. The number of amides is 1. The normalized spacial score (nSPS) is 14.5. The molecule has 1 amide bonds. The third-order valence-corrected chi connectivity index (χ3v) is 5.09. The molecule has 1 aliphatic rings. The number of rotatable bonds is 7. The summed E-state index contributed by atoms with van der Waals surface area (Å²) in [6.07, 6.45) is 5.62. The van der Waals surface area contributed by atoms with Crippen LogP contribution < -0.4 is 10.6 Å². The SMILES string of the molecule is C[C@H](NCC(=O)NCCc1ccc(F)cc1)c1ccc2c(c1)CCCC2. The first-order valence-corrected chi connectivity index (χ1v) is 9.48. The predicted molar refractivity (Wildman–Crippen MR) is 103 cm³/mol. The fraction of sp³-hybridized carbons (Fsp3) is 0.409. The van der Waals surface area contributed by atoms with Crippen molar-refractivity contribution < 1.29 is 9.18 Å². The molecule has 0 heterocycles. The van der Waals surface area contributed by atoms with Crippen molar-refractivity contribution in [2.45, 2.75) is 45.1 Å². The minimum Gasteiger partial charge on any atom is -0.355 e. The van der Waals surface area contributed by atoms with E-state index in [1.54, 1.807) is 12.1 Å². The Hall–Kier alpha value is -2.20. The number of nitrogens with one attached hydrogen (secondary N) is 2. The number of carbonyl (C=O) groups is 1. The van der Waals surface area contributed by atoms with Gasteiger partial charge < -0.3 is 10.6 Å². The van der Waals surface area contributed by atoms with E-state index in [-0.39, 0.29) is 17.8 Å². The van der Waals surface area contributed by atoms with Crippen LogP contribution in [0.1, 0.15) is 48.1 Å². The summed E-state index contributed by atoms with van der Waals surface area (Å²) in [5.74, 6) is -0.255. The molecule has 0 saturated heterocycles. The van der Waals surface area contributed by atoms with Crippen molar-refractivity contribution in [3.8, 4) is 0 Å². The van der Waals surface area contributed by atoms with Gasteiger partial charge in [0.15, 0.2) is 0 Å². The Morgan fingerprint density at radius 1 is 1.08 bits per heavy atom. The topological polar surface area (TPSA) is 41.1 Å². The Balaban J connectivity index is 1.41. The fourth-order valence-electron chi connectivity index (χ4n) is 3.45. The van der Waals surface area contributed by atoms with Gasteiger partial charge in [0.1, 0.15) is 5.82 Å². The van der Waals surface area contributed by atoms with Gasteiger partial charge in [0.05, 0.1) is 6.54 Å². The van der Waals surface area contributed by atoms with Crippen LogP contribution in [-0.4, -0.2) is 19.0 Å². The molecular weight excluding hydrogens is 327 g/mol. The highest BCUT2D eigenvalue weighted by atomic mass is 19.1. The average Bonchev–Trinajstić information content (AvgIpc) is 2.67. The summed E-state index contributed by atoms with van der Waals surface area (Å²) in [5, 5.41) is 6.21. The van der Waals surface area contributed by atoms with Crippen LogP contribution in [0, 0.1) is 5.82 Å². The van der Waals surface area contributed by atoms with Gasteiger partial charge in [-0.05, 0) is 73.4 Å². The molecule has 0 fully saturated rings. The highest BCUT2D eigenvalue weighted by Crippen LogP contribution is 2.24. The zero-order chi connectivity index (χ0) is 18.4. The van der Waals surface area contributed by atoms with Gasteiger partial charge in [-0.2, -0.15) is 0 Å². The number of fused-ring (bicyclic) bond motifs is 1. The number of aryl methyl sites for hydroxylation is 2. The van der Waals surface area contributed by atoms with Gasteiger partial charge in [0.25, 0.3) is 0 Å². The number of hydrogen-bond donors (Lipinski definition) is 2. The van der Waals surface area contributed by atoms with Gasteiger partial charge in [-0.3, -0.25) is 4.79 Å². The van der Waals surface area contributed by atoms with E-state index in [9.17, 15) is 9.18 Å². The second kappa shape index (κ2) is 8.95. The van der Waals surface area contributed by atoms with Crippen molar-refractivity contribution in [1.82, 2.24) is 10.6 Å². The smallest absolute Gasteiger partial charge is 0.233 e. The highest BCUT2D eigenvalue weighted by Gasteiger charge is 2.13. The van der Waals surface area contributed by atoms with E-state index in [0.717, 1.165) is 5.56 Å². The molecule has 2 N–H and O–H groups in total. The van der Waals surface area contributed by atoms with Gasteiger partial charge in [0.2, 0.25) is 5.91 Å². The molecule has 0 aliphatic heterocycles. The van der Waals surface area contributed by atoms with E-state index in [2.05, 4.69) is 35.8 Å². The first-order valence-electron chi connectivity index (χ1n) is 9.48. The van der Waals surface area contributed by atoms with Gasteiger partial charge >= 0.3 is 0 Å². The van der Waals surface area contributed by atoms with Crippen molar-refractivity contribution >= 4 is 5.91 Å². The molecule has 0 bridgehead atoms. The van der Waals surface area contributed by atoms with Gasteiger partial charge in [-0.1, -0.05) is 30.3 Å². The van der Waals surface area contributed by atoms with E-state index in [1.165, 1.54) is 54.5 Å². The summed E-state index contributed by atoms with van der Waals surface area (Å²) < 4.78 is 12.9. The molecule has 0 spiro atoms. The predicted octanol–water partition coefficient (Wildman–Crippen LogP) is 3.71. The maximum Gasteiger partial charge on any atom is 0.233 e. The van der Waals surface area contributed by atoms with E-state index in [1.807, 2.05) is 0 Å². The summed E-state index contributed by atoms with van der Waals surface area (Å²) in [4.78, 5) is 12.0. The maximum atomic E-state index is 12.9. The molecule has 2 aromatic rings. The molecule has 3 rings (SSSR count). The summed E-state index contributed by atoms with van der Waals surface area (Å²) in [6.45, 7) is 2.94. The lowest BCUT2D eigenvalue weighted by molar-refractivity contribution is -0.120. The monoisotopic (exact) mass is 354 g/mol. The molecule has 138 valence electrons. The summed E-state index contributed by atoms with van der Waals surface area (Å²) in [5.41, 5.74) is 5.20. The Kier molecular flexibility index (Phi) is 6.40. The van der Waals surface area contributed by atoms with E-state index in [0.29, 0.717) is 19.5 Å². The van der Waals surface area contributed by atoms with Crippen LogP contribution in [0.5, 0.6) is 0 Å². The van der Waals surface area contributed by atoms with Crippen molar-refractivity contribution in [1.29, 1.82) is 0 Å². The largest absolute Gasteiger partial charge is 0.355 e. The number of halogens is 1. The molecule has 2 aromatic carbocycles. The fourth-order valence-corrected chi connectivity index (χ4v) is 3.45. The van der Waals surface area contributed by atoms with Crippen molar-refractivity contribution in [3.05, 3.63) is 70.5 Å². The van der Waals surface area contributed by atoms with Crippen molar-refractivity contribution in [2.24, 2.45) is 0 Å². The first kappa shape index (κ1) is 18.6. The molecule has 0 unspecified atom stereocenters. The van der Waals surface area contributed by atoms with Gasteiger partial charge in [-0.15, -0.1) is 0 Å². The Bertz CT molecular complexity index is 742. The lowest BCUT2D eigenvalue weighted by Crippen LogP contribution is -2.36. The molecule has 1 atom stereocenters. The Morgan fingerprint density at radius 2 is 1.81 bits per heavy atom. The summed E-state index contributed by atoms with van der Waals surface area (Å²) in [6, 6.07) is 13.2. The highest BCUT2D eigenvalue weighted by molar-refractivity contribution is 5.78. The minimum atomic E-state index is -0.238. The van der Waals surface area contributed by atoms with E-state index >= 15 is 0 Å². The van der Waals surface area contributed by atoms with Crippen molar-refractivity contribution in [2.75, 3.05) is 13.1 Å². The molecular formula is C22H27FN2O. The third-order valence-electron chi connectivity index (χ3n) is 5.09. The quantitative estimate of drug-likeness (QED) is 0.796. The zero-order valence-electron chi connectivity index (χ0n) is 15.4. The Labute approximate surface area is 155 Å².